The summed E-state index contributed by atoms with van der Waals surface area (Å²) >= 11 is 0. The van der Waals surface area contributed by atoms with Gasteiger partial charge in [-0.3, -0.25) is 0 Å². The Bertz CT molecular complexity index is 238. The minimum Gasteiger partial charge on any atom is -0.334 e. The third-order valence-electron chi connectivity index (χ3n) is 2.63. The normalized spacial score (nSPS) is 26.1. The Balaban J connectivity index is 0.000000845. The van der Waals surface area contributed by atoms with E-state index in [0.29, 0.717) is 12.1 Å². The summed E-state index contributed by atoms with van der Waals surface area (Å²) in [7, 11) is 0. The van der Waals surface area contributed by atoms with Gasteiger partial charge in [0, 0.05) is 24.5 Å². The molecule has 2 unspecified atom stereocenters. The maximum absolute atomic E-state index is 5.90. The highest BCUT2D eigenvalue weighted by atomic mass is 35.5. The van der Waals surface area contributed by atoms with Crippen molar-refractivity contribution in [3.8, 4) is 0 Å². The number of nitrogens with zero attached hydrogens (tertiary/aromatic N) is 2. The maximum Gasteiger partial charge on any atom is 0.0948 e. The van der Waals surface area contributed by atoms with Gasteiger partial charge in [-0.25, -0.2) is 4.98 Å². The Labute approximate surface area is 96.9 Å². The van der Waals surface area contributed by atoms with Crippen molar-refractivity contribution in [1.82, 2.24) is 9.55 Å². The van der Waals surface area contributed by atoms with E-state index < -0.39 is 0 Å². The second-order valence-corrected chi connectivity index (χ2v) is 3.59. The van der Waals surface area contributed by atoms with E-state index in [-0.39, 0.29) is 24.8 Å². The van der Waals surface area contributed by atoms with E-state index in [9.17, 15) is 0 Å². The van der Waals surface area contributed by atoms with Gasteiger partial charge in [0.05, 0.1) is 6.33 Å². The SMILES string of the molecule is Cl.Cl.NC1CCCC(n2ccnc2)C1. The summed E-state index contributed by atoms with van der Waals surface area (Å²) < 4.78 is 2.18. The van der Waals surface area contributed by atoms with Gasteiger partial charge in [0.15, 0.2) is 0 Å². The number of hydrogen-bond donors (Lipinski definition) is 1. The Morgan fingerprint density at radius 3 is 2.64 bits per heavy atom. The van der Waals surface area contributed by atoms with Crippen molar-refractivity contribution in [3.05, 3.63) is 18.7 Å². The van der Waals surface area contributed by atoms with E-state index in [2.05, 4.69) is 9.55 Å². The first-order chi connectivity index (χ1) is 5.86. The van der Waals surface area contributed by atoms with Crippen LogP contribution in [-0.2, 0) is 0 Å². The number of aromatic nitrogens is 2. The first-order valence-electron chi connectivity index (χ1n) is 4.59. The fraction of sp³-hybridized carbons (Fsp3) is 0.667. The average Bonchev–Trinajstić information content (AvgIpc) is 2.56. The van der Waals surface area contributed by atoms with Gasteiger partial charge >= 0.3 is 0 Å². The van der Waals surface area contributed by atoms with Gasteiger partial charge in [0.25, 0.3) is 0 Å². The zero-order chi connectivity index (χ0) is 8.39. The topological polar surface area (TPSA) is 43.8 Å². The van der Waals surface area contributed by atoms with Crippen molar-refractivity contribution in [2.75, 3.05) is 0 Å². The molecule has 82 valence electrons. The lowest BCUT2D eigenvalue weighted by atomic mass is 9.91. The first-order valence-corrected chi connectivity index (χ1v) is 4.59. The van der Waals surface area contributed by atoms with Crippen molar-refractivity contribution >= 4 is 24.8 Å². The summed E-state index contributed by atoms with van der Waals surface area (Å²) in [6, 6.07) is 0.988. The molecule has 1 heterocycles. The summed E-state index contributed by atoms with van der Waals surface area (Å²) in [6.45, 7) is 0. The molecular weight excluding hydrogens is 221 g/mol. The van der Waals surface area contributed by atoms with Crippen molar-refractivity contribution in [2.24, 2.45) is 5.73 Å². The van der Waals surface area contributed by atoms with Gasteiger partial charge in [0.2, 0.25) is 0 Å². The van der Waals surface area contributed by atoms with Crippen LogP contribution >= 0.6 is 24.8 Å². The Kier molecular flexibility index (Phi) is 6.16. The van der Waals surface area contributed by atoms with Gasteiger partial charge in [-0.2, -0.15) is 0 Å². The first kappa shape index (κ1) is 13.8. The lowest BCUT2D eigenvalue weighted by Gasteiger charge is -2.27. The molecule has 3 nitrogen and oxygen atoms in total. The van der Waals surface area contributed by atoms with E-state index in [1.54, 1.807) is 0 Å². The minimum absolute atomic E-state index is 0. The average molecular weight is 238 g/mol. The third kappa shape index (κ3) is 3.15. The number of nitrogens with two attached hydrogens (primary N) is 1. The zero-order valence-electron chi connectivity index (χ0n) is 8.00. The number of hydrogen-bond acceptors (Lipinski definition) is 2. The van der Waals surface area contributed by atoms with Crippen LogP contribution in [0.5, 0.6) is 0 Å². The van der Waals surface area contributed by atoms with Crippen LogP contribution in [0.4, 0.5) is 0 Å². The molecule has 1 aliphatic rings. The molecule has 0 saturated heterocycles. The van der Waals surface area contributed by atoms with Gasteiger partial charge < -0.3 is 10.3 Å². The standard InChI is InChI=1S/C9H15N3.2ClH/c10-8-2-1-3-9(6-8)12-5-4-11-7-12;;/h4-5,7-9H,1-3,6,10H2;2*1H. The highest BCUT2D eigenvalue weighted by Crippen LogP contribution is 2.26. The minimum atomic E-state index is 0. The fourth-order valence-electron chi connectivity index (χ4n) is 1.96. The molecule has 1 aromatic rings. The molecule has 0 amide bonds. The number of imidazole rings is 1. The van der Waals surface area contributed by atoms with Crippen molar-refractivity contribution in [3.63, 3.8) is 0 Å². The van der Waals surface area contributed by atoms with Crippen molar-refractivity contribution in [2.45, 2.75) is 37.8 Å². The molecule has 2 N–H and O–H groups in total. The maximum atomic E-state index is 5.90. The van der Waals surface area contributed by atoms with Crippen molar-refractivity contribution in [1.29, 1.82) is 0 Å². The Morgan fingerprint density at radius 1 is 1.29 bits per heavy atom. The van der Waals surface area contributed by atoms with Crippen LogP contribution in [0.3, 0.4) is 0 Å². The predicted octanol–water partition coefficient (Wildman–Crippen LogP) is 2.17. The summed E-state index contributed by atoms with van der Waals surface area (Å²) in [6.07, 6.45) is 10.6. The molecule has 0 spiro atoms. The molecule has 0 aliphatic heterocycles. The van der Waals surface area contributed by atoms with Crippen LogP contribution in [0.15, 0.2) is 18.7 Å². The molecule has 14 heavy (non-hydrogen) atoms. The Hall–Kier alpha value is -0.250. The molecular formula is C9H17Cl2N3. The van der Waals surface area contributed by atoms with Crippen LogP contribution in [0.25, 0.3) is 0 Å². The zero-order valence-corrected chi connectivity index (χ0v) is 9.64. The molecule has 1 saturated carbocycles. The van der Waals surface area contributed by atoms with Gasteiger partial charge in [0.1, 0.15) is 0 Å². The summed E-state index contributed by atoms with van der Waals surface area (Å²) in [5.41, 5.74) is 5.90. The lowest BCUT2D eigenvalue weighted by Crippen LogP contribution is -2.28. The van der Waals surface area contributed by atoms with E-state index >= 15 is 0 Å². The molecule has 1 aliphatic carbocycles. The van der Waals surface area contributed by atoms with Gasteiger partial charge in [-0.1, -0.05) is 0 Å². The monoisotopic (exact) mass is 237 g/mol. The van der Waals surface area contributed by atoms with Gasteiger partial charge in [-0.05, 0) is 25.7 Å². The van der Waals surface area contributed by atoms with Gasteiger partial charge in [-0.15, -0.1) is 24.8 Å². The van der Waals surface area contributed by atoms with E-state index in [1.165, 1.54) is 19.3 Å². The number of rotatable bonds is 1. The molecule has 0 bridgehead atoms. The van der Waals surface area contributed by atoms with Crippen LogP contribution in [0.1, 0.15) is 31.7 Å². The van der Waals surface area contributed by atoms with Crippen LogP contribution in [0.2, 0.25) is 0 Å². The largest absolute Gasteiger partial charge is 0.334 e. The third-order valence-corrected chi connectivity index (χ3v) is 2.63. The molecule has 2 atom stereocenters. The lowest BCUT2D eigenvalue weighted by molar-refractivity contribution is 0.319. The van der Waals surface area contributed by atoms with Crippen LogP contribution in [-0.4, -0.2) is 15.6 Å². The molecule has 0 radical (unpaired) electrons. The number of halogens is 2. The summed E-state index contributed by atoms with van der Waals surface area (Å²) in [5, 5.41) is 0. The quantitative estimate of drug-likeness (QED) is 0.814. The molecule has 2 rings (SSSR count). The molecule has 0 aromatic carbocycles. The second-order valence-electron chi connectivity index (χ2n) is 3.59. The fourth-order valence-corrected chi connectivity index (χ4v) is 1.96. The van der Waals surface area contributed by atoms with E-state index in [0.717, 1.165) is 6.42 Å². The predicted molar refractivity (Wildman–Crippen MR) is 62.2 cm³/mol. The summed E-state index contributed by atoms with van der Waals surface area (Å²) in [4.78, 5) is 4.04. The van der Waals surface area contributed by atoms with Crippen LogP contribution in [0, 0.1) is 0 Å². The summed E-state index contributed by atoms with van der Waals surface area (Å²) in [5.74, 6) is 0. The second kappa shape index (κ2) is 6.27. The molecule has 1 aromatic heterocycles. The Morgan fingerprint density at radius 2 is 2.07 bits per heavy atom. The smallest absolute Gasteiger partial charge is 0.0948 e. The highest BCUT2D eigenvalue weighted by Gasteiger charge is 2.19. The molecule has 1 fully saturated rings. The van der Waals surface area contributed by atoms with Crippen molar-refractivity contribution < 1.29 is 0 Å². The molecule has 5 heteroatoms. The van der Waals surface area contributed by atoms with E-state index in [4.69, 9.17) is 5.73 Å². The van der Waals surface area contributed by atoms with Crippen LogP contribution < -0.4 is 5.73 Å². The highest BCUT2D eigenvalue weighted by molar-refractivity contribution is 5.85. The van der Waals surface area contributed by atoms with E-state index in [1.807, 2.05) is 18.7 Å².